The van der Waals surface area contributed by atoms with Crippen LogP contribution in [-0.4, -0.2) is 9.78 Å². The van der Waals surface area contributed by atoms with Crippen LogP contribution in [-0.2, 0) is 0 Å². The summed E-state index contributed by atoms with van der Waals surface area (Å²) in [6.45, 7) is 1.91. The molecule has 0 amide bonds. The molecular weight excluding hydrogens is 194 g/mol. The fourth-order valence-electron chi connectivity index (χ4n) is 1.35. The molecule has 0 aliphatic heterocycles. The monoisotopic (exact) mass is 205 g/mol. The first-order chi connectivity index (χ1) is 6.66. The number of aromatic nitrogens is 2. The molecule has 1 aromatic carbocycles. The summed E-state index contributed by atoms with van der Waals surface area (Å²) in [6.07, 6.45) is 0. The summed E-state index contributed by atoms with van der Waals surface area (Å²) in [6, 6.07) is 9.55. The van der Waals surface area contributed by atoms with Gasteiger partial charge in [-0.3, -0.25) is 0 Å². The third-order valence-electron chi connectivity index (χ3n) is 1.93. The van der Waals surface area contributed by atoms with E-state index < -0.39 is 0 Å². The van der Waals surface area contributed by atoms with Crippen molar-refractivity contribution in [1.29, 1.82) is 0 Å². The lowest BCUT2D eigenvalue weighted by Gasteiger charge is -2.03. The first-order valence-corrected chi connectivity index (χ1v) is 4.73. The Morgan fingerprint density at radius 3 is 2.71 bits per heavy atom. The van der Waals surface area contributed by atoms with E-state index in [1.807, 2.05) is 37.3 Å². The van der Waals surface area contributed by atoms with Crippen molar-refractivity contribution < 1.29 is 0 Å². The minimum absolute atomic E-state index is 0.640. The Hall–Kier alpha value is -1.42. The Balaban J connectivity index is 2.54. The molecule has 0 saturated carbocycles. The summed E-state index contributed by atoms with van der Waals surface area (Å²) >= 11 is 4.26. The van der Waals surface area contributed by atoms with Gasteiger partial charge in [0.15, 0.2) is 0 Å². The molecule has 0 fully saturated rings. The smallest absolute Gasteiger partial charge is 0.127 e. The van der Waals surface area contributed by atoms with Crippen LogP contribution in [0, 0.1) is 6.92 Å². The lowest BCUT2D eigenvalue weighted by Crippen LogP contribution is -2.01. The van der Waals surface area contributed by atoms with Crippen molar-refractivity contribution in [2.75, 3.05) is 5.73 Å². The zero-order valence-corrected chi connectivity index (χ0v) is 8.70. The van der Waals surface area contributed by atoms with E-state index in [-0.39, 0.29) is 0 Å². The lowest BCUT2D eigenvalue weighted by molar-refractivity contribution is 0.869. The van der Waals surface area contributed by atoms with Gasteiger partial charge in [0.05, 0.1) is 11.4 Å². The number of hydrogen-bond acceptors (Lipinski definition) is 3. The second-order valence-electron chi connectivity index (χ2n) is 3.14. The first-order valence-electron chi connectivity index (χ1n) is 4.28. The Morgan fingerprint density at radius 2 is 2.14 bits per heavy atom. The molecule has 0 aliphatic rings. The van der Waals surface area contributed by atoms with Crippen LogP contribution in [0.25, 0.3) is 5.69 Å². The molecule has 0 aliphatic carbocycles. The van der Waals surface area contributed by atoms with E-state index in [9.17, 15) is 0 Å². The fraction of sp³-hybridized carbons (Fsp3) is 0.100. The number of hydrogen-bond donors (Lipinski definition) is 2. The maximum absolute atomic E-state index is 5.80. The summed E-state index contributed by atoms with van der Waals surface area (Å²) in [5, 5.41) is 4.28. The summed E-state index contributed by atoms with van der Waals surface area (Å²) in [4.78, 5) is 0.898. The number of rotatable bonds is 1. The quantitative estimate of drug-likeness (QED) is 0.700. The van der Waals surface area contributed by atoms with E-state index in [4.69, 9.17) is 5.73 Å². The second-order valence-corrected chi connectivity index (χ2v) is 3.66. The van der Waals surface area contributed by atoms with Gasteiger partial charge in [-0.2, -0.15) is 5.10 Å². The van der Waals surface area contributed by atoms with Crippen LogP contribution in [0.2, 0.25) is 0 Å². The maximum Gasteiger partial charge on any atom is 0.127 e. The minimum atomic E-state index is 0.640. The number of nitrogens with zero attached hydrogens (tertiary/aromatic N) is 2. The van der Waals surface area contributed by atoms with Gasteiger partial charge in [-0.15, -0.1) is 12.6 Å². The van der Waals surface area contributed by atoms with Gasteiger partial charge in [-0.05, 0) is 25.1 Å². The Morgan fingerprint density at radius 1 is 1.36 bits per heavy atom. The highest BCUT2D eigenvalue weighted by Gasteiger charge is 2.03. The van der Waals surface area contributed by atoms with E-state index in [1.165, 1.54) is 0 Å². The van der Waals surface area contributed by atoms with Crippen LogP contribution in [0.15, 0.2) is 35.2 Å². The standard InChI is InChI=1S/C10H11N3S/c1-7-5-10(11)13(12-7)8-3-2-4-9(14)6-8/h2-6,14H,11H2,1H3. The van der Waals surface area contributed by atoms with Crippen molar-refractivity contribution in [2.45, 2.75) is 11.8 Å². The van der Waals surface area contributed by atoms with E-state index in [2.05, 4.69) is 17.7 Å². The molecule has 1 heterocycles. The van der Waals surface area contributed by atoms with Crippen molar-refractivity contribution in [2.24, 2.45) is 0 Å². The molecular formula is C10H11N3S. The van der Waals surface area contributed by atoms with Crippen molar-refractivity contribution in [3.63, 3.8) is 0 Å². The van der Waals surface area contributed by atoms with Crippen molar-refractivity contribution in [3.05, 3.63) is 36.0 Å². The third kappa shape index (κ3) is 1.61. The van der Waals surface area contributed by atoms with E-state index in [0.29, 0.717) is 5.82 Å². The van der Waals surface area contributed by atoms with Gasteiger partial charge in [-0.25, -0.2) is 4.68 Å². The van der Waals surface area contributed by atoms with Crippen LogP contribution < -0.4 is 5.73 Å². The number of benzene rings is 1. The molecule has 0 unspecified atom stereocenters. The highest BCUT2D eigenvalue weighted by Crippen LogP contribution is 2.16. The lowest BCUT2D eigenvalue weighted by atomic mass is 10.3. The van der Waals surface area contributed by atoms with Crippen LogP contribution in [0.1, 0.15) is 5.69 Å². The van der Waals surface area contributed by atoms with Gasteiger partial charge in [0.1, 0.15) is 5.82 Å². The molecule has 0 bridgehead atoms. The fourth-order valence-corrected chi connectivity index (χ4v) is 1.57. The Labute approximate surface area is 88.0 Å². The highest BCUT2D eigenvalue weighted by atomic mass is 32.1. The summed E-state index contributed by atoms with van der Waals surface area (Å²) < 4.78 is 1.70. The molecule has 72 valence electrons. The normalized spacial score (nSPS) is 10.4. The molecule has 0 spiro atoms. The Bertz CT molecular complexity index is 462. The molecule has 2 N–H and O–H groups in total. The first kappa shape index (κ1) is 9.15. The zero-order chi connectivity index (χ0) is 10.1. The van der Waals surface area contributed by atoms with Crippen LogP contribution in [0.4, 0.5) is 5.82 Å². The highest BCUT2D eigenvalue weighted by molar-refractivity contribution is 7.80. The van der Waals surface area contributed by atoms with E-state index in [1.54, 1.807) is 4.68 Å². The minimum Gasteiger partial charge on any atom is -0.384 e. The van der Waals surface area contributed by atoms with Gasteiger partial charge in [0, 0.05) is 11.0 Å². The molecule has 1 aromatic heterocycles. The van der Waals surface area contributed by atoms with E-state index >= 15 is 0 Å². The average molecular weight is 205 g/mol. The number of nitrogen functional groups attached to an aromatic ring is 1. The topological polar surface area (TPSA) is 43.8 Å². The number of thiol groups is 1. The molecule has 0 atom stereocenters. The predicted octanol–water partition coefficient (Wildman–Crippen LogP) is 2.05. The summed E-state index contributed by atoms with van der Waals surface area (Å²) in [7, 11) is 0. The summed E-state index contributed by atoms with van der Waals surface area (Å²) in [5.74, 6) is 0.640. The molecule has 0 saturated heterocycles. The molecule has 3 nitrogen and oxygen atoms in total. The SMILES string of the molecule is Cc1cc(N)n(-c2cccc(S)c2)n1. The van der Waals surface area contributed by atoms with Gasteiger partial charge in [0.2, 0.25) is 0 Å². The van der Waals surface area contributed by atoms with Gasteiger partial charge in [-0.1, -0.05) is 6.07 Å². The molecule has 2 aromatic rings. The third-order valence-corrected chi connectivity index (χ3v) is 2.21. The number of anilines is 1. The molecule has 4 heteroatoms. The van der Waals surface area contributed by atoms with Crippen molar-refractivity contribution in [1.82, 2.24) is 9.78 Å². The van der Waals surface area contributed by atoms with Crippen LogP contribution >= 0.6 is 12.6 Å². The summed E-state index contributed by atoms with van der Waals surface area (Å²) in [5.41, 5.74) is 7.64. The van der Waals surface area contributed by atoms with Crippen molar-refractivity contribution >= 4 is 18.4 Å². The Kier molecular flexibility index (Phi) is 2.21. The van der Waals surface area contributed by atoms with Gasteiger partial charge < -0.3 is 5.73 Å². The molecule has 14 heavy (non-hydrogen) atoms. The second kappa shape index (κ2) is 3.38. The predicted molar refractivity (Wildman–Crippen MR) is 60.0 cm³/mol. The van der Waals surface area contributed by atoms with Crippen LogP contribution in [0.3, 0.4) is 0 Å². The van der Waals surface area contributed by atoms with Crippen LogP contribution in [0.5, 0.6) is 0 Å². The van der Waals surface area contributed by atoms with E-state index in [0.717, 1.165) is 16.3 Å². The molecule has 2 rings (SSSR count). The molecule has 0 radical (unpaired) electrons. The van der Waals surface area contributed by atoms with Crippen molar-refractivity contribution in [3.8, 4) is 5.69 Å². The average Bonchev–Trinajstić information content (AvgIpc) is 2.45. The maximum atomic E-state index is 5.80. The van der Waals surface area contributed by atoms with Gasteiger partial charge >= 0.3 is 0 Å². The number of nitrogens with two attached hydrogens (primary N) is 1. The number of aryl methyl sites for hydroxylation is 1. The largest absolute Gasteiger partial charge is 0.384 e. The zero-order valence-electron chi connectivity index (χ0n) is 7.81. The van der Waals surface area contributed by atoms with Gasteiger partial charge in [0.25, 0.3) is 0 Å².